The number of halogens is 1. The molecule has 2 atom stereocenters. The lowest BCUT2D eigenvalue weighted by atomic mass is 10.1. The summed E-state index contributed by atoms with van der Waals surface area (Å²) in [5.74, 6) is -0.380. The van der Waals surface area contributed by atoms with E-state index in [0.717, 1.165) is 16.8 Å². The van der Waals surface area contributed by atoms with Crippen LogP contribution in [0.4, 0.5) is 5.69 Å². The molecule has 1 aromatic carbocycles. The van der Waals surface area contributed by atoms with Crippen molar-refractivity contribution in [2.45, 2.75) is 25.1 Å². The number of thioether (sulfide) groups is 1. The van der Waals surface area contributed by atoms with E-state index in [9.17, 15) is 13.2 Å². The number of hydrogen-bond acceptors (Lipinski definition) is 4. The summed E-state index contributed by atoms with van der Waals surface area (Å²) in [4.78, 5) is 17.7. The number of carbonyl (C=O) groups is 1. The Morgan fingerprint density at radius 3 is 2.83 bits per heavy atom. The maximum atomic E-state index is 12.0. The Hall–Kier alpha value is -1.05. The zero-order valence-corrected chi connectivity index (χ0v) is 15.2. The smallest absolute Gasteiger partial charge is 0.262 e. The first kappa shape index (κ1) is 16.8. The number of fused-ring (bicyclic) bond motifs is 1. The molecule has 0 bridgehead atoms. The van der Waals surface area contributed by atoms with Gasteiger partial charge in [0.05, 0.1) is 17.5 Å². The Morgan fingerprint density at radius 2 is 2.13 bits per heavy atom. The number of amides is 1. The number of carbonyl (C=O) groups excluding carboxylic acids is 1. The highest BCUT2D eigenvalue weighted by Gasteiger charge is 2.49. The molecule has 0 aliphatic carbocycles. The SMILES string of the molecule is Cc1ccc(C)c(N2C(=NC(=O)CCl)S[C@@H]3CS(=O)(=O)C[C@H]32)c1. The number of anilines is 1. The van der Waals surface area contributed by atoms with Gasteiger partial charge >= 0.3 is 0 Å². The number of sulfone groups is 1. The quantitative estimate of drug-likeness (QED) is 0.744. The van der Waals surface area contributed by atoms with Crippen molar-refractivity contribution < 1.29 is 13.2 Å². The minimum absolute atomic E-state index is 0.0894. The van der Waals surface area contributed by atoms with E-state index < -0.39 is 15.7 Å². The average molecular weight is 373 g/mol. The van der Waals surface area contributed by atoms with E-state index in [4.69, 9.17) is 11.6 Å². The Bertz CT molecular complexity index is 792. The van der Waals surface area contributed by atoms with Crippen LogP contribution < -0.4 is 4.90 Å². The first-order chi connectivity index (χ1) is 10.8. The zero-order chi connectivity index (χ0) is 16.8. The second-order valence-corrected chi connectivity index (χ2v) is 9.51. The molecule has 0 spiro atoms. The molecule has 124 valence electrons. The summed E-state index contributed by atoms with van der Waals surface area (Å²) in [6, 6.07) is 5.82. The maximum absolute atomic E-state index is 12.0. The van der Waals surface area contributed by atoms with Gasteiger partial charge in [0.25, 0.3) is 5.91 Å². The van der Waals surface area contributed by atoms with Crippen molar-refractivity contribution in [2.24, 2.45) is 4.99 Å². The first-order valence-electron chi connectivity index (χ1n) is 7.22. The van der Waals surface area contributed by atoms with Gasteiger partial charge in [0.2, 0.25) is 0 Å². The molecular formula is C15H17ClN2O3S2. The number of amidine groups is 1. The molecule has 23 heavy (non-hydrogen) atoms. The first-order valence-corrected chi connectivity index (χ1v) is 10.5. The summed E-state index contributed by atoms with van der Waals surface area (Å²) in [5, 5.41) is 0.455. The molecule has 8 heteroatoms. The van der Waals surface area contributed by atoms with Crippen molar-refractivity contribution in [2.75, 3.05) is 22.3 Å². The van der Waals surface area contributed by atoms with Gasteiger partial charge in [-0.25, -0.2) is 8.42 Å². The summed E-state index contributed by atoms with van der Waals surface area (Å²) in [5.41, 5.74) is 3.00. The topological polar surface area (TPSA) is 66.8 Å². The molecule has 2 fully saturated rings. The number of alkyl halides is 1. The lowest BCUT2D eigenvalue weighted by Crippen LogP contribution is -2.38. The lowest BCUT2D eigenvalue weighted by molar-refractivity contribution is -0.115. The number of benzene rings is 1. The van der Waals surface area contributed by atoms with Crippen LogP contribution in [0.1, 0.15) is 11.1 Å². The number of nitrogens with zero attached hydrogens (tertiary/aromatic N) is 2. The van der Waals surface area contributed by atoms with Crippen LogP contribution in [0.15, 0.2) is 23.2 Å². The fourth-order valence-corrected chi connectivity index (χ4v) is 6.95. The van der Waals surface area contributed by atoms with Gasteiger partial charge < -0.3 is 4.90 Å². The van der Waals surface area contributed by atoms with Crippen LogP contribution in [0.3, 0.4) is 0 Å². The normalized spacial score (nSPS) is 27.4. The molecule has 2 aliphatic rings. The molecule has 0 aromatic heterocycles. The highest BCUT2D eigenvalue weighted by atomic mass is 35.5. The van der Waals surface area contributed by atoms with Crippen LogP contribution in [0, 0.1) is 13.8 Å². The molecule has 5 nitrogen and oxygen atoms in total. The third-order valence-corrected chi connectivity index (χ3v) is 7.46. The number of hydrogen-bond donors (Lipinski definition) is 0. The van der Waals surface area contributed by atoms with Gasteiger partial charge in [0.15, 0.2) is 15.0 Å². The summed E-state index contributed by atoms with van der Waals surface area (Å²) in [7, 11) is -3.06. The van der Waals surface area contributed by atoms with Crippen LogP contribution in [-0.4, -0.2) is 48.2 Å². The van der Waals surface area contributed by atoms with E-state index in [2.05, 4.69) is 4.99 Å². The molecule has 2 heterocycles. The molecule has 0 radical (unpaired) electrons. The van der Waals surface area contributed by atoms with E-state index in [-0.39, 0.29) is 28.7 Å². The summed E-state index contributed by atoms with van der Waals surface area (Å²) in [6.07, 6.45) is 0. The van der Waals surface area contributed by atoms with Crippen molar-refractivity contribution in [1.29, 1.82) is 0 Å². The predicted octanol–water partition coefficient (Wildman–Crippen LogP) is 2.14. The van der Waals surface area contributed by atoms with Crippen molar-refractivity contribution in [3.8, 4) is 0 Å². The summed E-state index contributed by atoms with van der Waals surface area (Å²) < 4.78 is 24.0. The monoisotopic (exact) mass is 372 g/mol. The molecule has 2 saturated heterocycles. The fraction of sp³-hybridized carbons (Fsp3) is 0.467. The van der Waals surface area contributed by atoms with Crippen molar-refractivity contribution in [1.82, 2.24) is 0 Å². The Balaban J connectivity index is 2.08. The van der Waals surface area contributed by atoms with Gasteiger partial charge in [-0.1, -0.05) is 23.9 Å². The van der Waals surface area contributed by atoms with Crippen LogP contribution in [0.2, 0.25) is 0 Å². The second kappa shape index (κ2) is 6.11. The Kier molecular flexibility index (Phi) is 4.46. The molecular weight excluding hydrogens is 356 g/mol. The van der Waals surface area contributed by atoms with Gasteiger partial charge in [0, 0.05) is 10.9 Å². The molecule has 0 saturated carbocycles. The summed E-state index contributed by atoms with van der Waals surface area (Å²) in [6.45, 7) is 3.95. The Morgan fingerprint density at radius 1 is 1.39 bits per heavy atom. The van der Waals surface area contributed by atoms with Crippen molar-refractivity contribution in [3.63, 3.8) is 0 Å². The van der Waals surface area contributed by atoms with E-state index >= 15 is 0 Å². The molecule has 1 aromatic rings. The molecule has 2 aliphatic heterocycles. The summed E-state index contributed by atoms with van der Waals surface area (Å²) >= 11 is 6.93. The van der Waals surface area contributed by atoms with Crippen LogP contribution in [-0.2, 0) is 14.6 Å². The van der Waals surface area contributed by atoms with E-state index in [1.54, 1.807) is 0 Å². The van der Waals surface area contributed by atoms with Crippen molar-refractivity contribution >= 4 is 50.0 Å². The lowest BCUT2D eigenvalue weighted by Gasteiger charge is -2.26. The highest BCUT2D eigenvalue weighted by Crippen LogP contribution is 2.42. The van der Waals surface area contributed by atoms with Crippen LogP contribution >= 0.6 is 23.4 Å². The van der Waals surface area contributed by atoms with Gasteiger partial charge in [-0.05, 0) is 31.0 Å². The van der Waals surface area contributed by atoms with Gasteiger partial charge in [-0.2, -0.15) is 4.99 Å². The molecule has 3 rings (SSSR count). The number of aryl methyl sites for hydroxylation is 2. The Labute approximate surface area is 145 Å². The van der Waals surface area contributed by atoms with Gasteiger partial charge in [-0.3, -0.25) is 4.79 Å². The van der Waals surface area contributed by atoms with Crippen molar-refractivity contribution in [3.05, 3.63) is 29.3 Å². The van der Waals surface area contributed by atoms with E-state index in [0.29, 0.717) is 5.17 Å². The standard InChI is InChI=1S/C15H17ClN2O3S2/c1-9-3-4-10(2)11(5-9)18-12-7-23(20,21)8-13(12)22-15(18)17-14(19)6-16/h3-5,12-13H,6-8H2,1-2H3/t12-,13-/m1/s1. The largest absolute Gasteiger partial charge is 0.315 e. The van der Waals surface area contributed by atoms with Gasteiger partial charge in [0.1, 0.15) is 5.88 Å². The molecule has 0 unspecified atom stereocenters. The minimum atomic E-state index is -3.06. The maximum Gasteiger partial charge on any atom is 0.262 e. The second-order valence-electron chi connectivity index (χ2n) is 5.88. The average Bonchev–Trinajstić information content (AvgIpc) is 2.92. The van der Waals surface area contributed by atoms with Crippen LogP contribution in [0.25, 0.3) is 0 Å². The fourth-order valence-electron chi connectivity index (χ4n) is 2.96. The highest BCUT2D eigenvalue weighted by molar-refractivity contribution is 8.16. The van der Waals surface area contributed by atoms with E-state index in [1.807, 2.05) is 36.9 Å². The van der Waals surface area contributed by atoms with E-state index in [1.165, 1.54) is 11.8 Å². The van der Waals surface area contributed by atoms with Crippen LogP contribution in [0.5, 0.6) is 0 Å². The zero-order valence-electron chi connectivity index (χ0n) is 12.8. The third kappa shape index (κ3) is 3.27. The van der Waals surface area contributed by atoms with Gasteiger partial charge in [-0.15, -0.1) is 11.6 Å². The number of rotatable bonds is 2. The number of aliphatic imine (C=N–C) groups is 1. The molecule has 0 N–H and O–H groups in total. The third-order valence-electron chi connectivity index (χ3n) is 4.03. The predicted molar refractivity (Wildman–Crippen MR) is 95.4 cm³/mol. The molecule has 1 amide bonds. The minimum Gasteiger partial charge on any atom is -0.315 e.